The van der Waals surface area contributed by atoms with Crippen LogP contribution in [0.1, 0.15) is 102 Å². The first-order chi connectivity index (χ1) is 18.6. The lowest BCUT2D eigenvalue weighted by atomic mass is 9.90. The third-order valence-electron chi connectivity index (χ3n) is 6.94. The number of ketones is 2. The van der Waals surface area contributed by atoms with E-state index in [2.05, 4.69) is 4.74 Å². The van der Waals surface area contributed by atoms with E-state index < -0.39 is 11.9 Å². The number of benzene rings is 1. The highest BCUT2D eigenvalue weighted by Crippen LogP contribution is 2.21. The summed E-state index contributed by atoms with van der Waals surface area (Å²) in [7, 11) is 2.67. The zero-order valence-corrected chi connectivity index (χ0v) is 23.9. The molecule has 8 heteroatoms. The lowest BCUT2D eigenvalue weighted by Crippen LogP contribution is -2.21. The van der Waals surface area contributed by atoms with Crippen LogP contribution in [0.5, 0.6) is 0 Å². The van der Waals surface area contributed by atoms with Gasteiger partial charge in [0.1, 0.15) is 11.6 Å². The van der Waals surface area contributed by atoms with Crippen molar-refractivity contribution in [2.45, 2.75) is 103 Å². The minimum atomic E-state index is -0.752. The summed E-state index contributed by atoms with van der Waals surface area (Å²) in [5.74, 6) is -1.72. The Hall–Kier alpha value is -3.03. The molecule has 0 unspecified atom stereocenters. The van der Waals surface area contributed by atoms with Crippen LogP contribution in [-0.4, -0.2) is 48.8 Å². The topological polar surface area (TPSA) is 124 Å². The van der Waals surface area contributed by atoms with Crippen LogP contribution in [-0.2, 0) is 46.3 Å². The van der Waals surface area contributed by atoms with Gasteiger partial charge in [-0.25, -0.2) is 0 Å². The number of carbonyl (C=O) groups is 5. The number of Topliss-reactive ketones (excluding diaryl/α,β-unsaturated/α-hetero) is 2. The maximum absolute atomic E-state index is 12.5. The number of rotatable bonds is 22. The van der Waals surface area contributed by atoms with Crippen LogP contribution in [0, 0.1) is 11.8 Å². The van der Waals surface area contributed by atoms with Crippen LogP contribution in [0.25, 0.3) is 0 Å². The molecule has 0 aliphatic carbocycles. The van der Waals surface area contributed by atoms with Crippen LogP contribution >= 0.6 is 0 Å². The largest absolute Gasteiger partial charge is 0.481 e. The van der Waals surface area contributed by atoms with E-state index in [0.717, 1.165) is 44.1 Å². The Morgan fingerprint density at radius 1 is 0.718 bits per heavy atom. The van der Waals surface area contributed by atoms with Crippen molar-refractivity contribution in [3.63, 3.8) is 0 Å². The Bertz CT molecular complexity index is 906. The van der Waals surface area contributed by atoms with Gasteiger partial charge in [0.2, 0.25) is 0 Å². The second kappa shape index (κ2) is 20.0. The lowest BCUT2D eigenvalue weighted by Gasteiger charge is -2.15. The molecule has 0 aliphatic rings. The van der Waals surface area contributed by atoms with Gasteiger partial charge in [0.05, 0.1) is 20.1 Å². The van der Waals surface area contributed by atoms with Gasteiger partial charge >= 0.3 is 17.9 Å². The molecule has 0 bridgehead atoms. The zero-order chi connectivity index (χ0) is 29.0. The second-order valence-electron chi connectivity index (χ2n) is 10.5. The molecule has 0 saturated carbocycles. The normalized spacial score (nSPS) is 12.4. The van der Waals surface area contributed by atoms with Crippen LogP contribution in [0.2, 0.25) is 0 Å². The molecule has 0 heterocycles. The fourth-order valence-corrected chi connectivity index (χ4v) is 4.60. The summed E-state index contributed by atoms with van der Waals surface area (Å²) in [6.07, 6.45) is 8.62. The molecule has 0 spiro atoms. The van der Waals surface area contributed by atoms with Crippen LogP contribution in [0.4, 0.5) is 0 Å². The summed E-state index contributed by atoms with van der Waals surface area (Å²) in [5.41, 5.74) is 2.18. The molecule has 0 amide bonds. The molecule has 1 rings (SSSR count). The third-order valence-corrected chi connectivity index (χ3v) is 6.94. The molecular formula is C31H46O8. The van der Waals surface area contributed by atoms with Crippen molar-refractivity contribution in [3.8, 4) is 0 Å². The Kier molecular flexibility index (Phi) is 17.4. The van der Waals surface area contributed by atoms with Crippen molar-refractivity contribution in [1.29, 1.82) is 0 Å². The molecule has 2 atom stereocenters. The van der Waals surface area contributed by atoms with E-state index in [0.29, 0.717) is 38.5 Å². The van der Waals surface area contributed by atoms with Gasteiger partial charge in [0.15, 0.2) is 0 Å². The molecule has 218 valence electrons. The molecule has 0 aromatic heterocycles. The Labute approximate surface area is 232 Å². The maximum atomic E-state index is 12.5. The predicted molar refractivity (Wildman–Crippen MR) is 148 cm³/mol. The Balaban J connectivity index is 2.30. The van der Waals surface area contributed by atoms with Crippen molar-refractivity contribution in [2.75, 3.05) is 14.2 Å². The lowest BCUT2D eigenvalue weighted by molar-refractivity contribution is -0.147. The minimum Gasteiger partial charge on any atom is -0.481 e. The van der Waals surface area contributed by atoms with Crippen molar-refractivity contribution in [1.82, 2.24) is 0 Å². The molecule has 0 fully saturated rings. The first-order valence-corrected chi connectivity index (χ1v) is 14.1. The van der Waals surface area contributed by atoms with E-state index in [-0.39, 0.29) is 48.7 Å². The van der Waals surface area contributed by atoms with Gasteiger partial charge in [-0.3, -0.25) is 24.0 Å². The number of aliphatic carboxylic acids is 1. The number of methoxy groups -OCH3 is 2. The van der Waals surface area contributed by atoms with Gasteiger partial charge in [-0.1, -0.05) is 50.5 Å². The van der Waals surface area contributed by atoms with Crippen molar-refractivity contribution in [2.24, 2.45) is 11.8 Å². The van der Waals surface area contributed by atoms with Crippen molar-refractivity contribution < 1.29 is 38.6 Å². The summed E-state index contributed by atoms with van der Waals surface area (Å²) in [4.78, 5) is 58.9. The molecule has 1 N–H and O–H groups in total. The number of carbonyl (C=O) groups excluding carboxylic acids is 4. The molecule has 0 aliphatic heterocycles. The van der Waals surface area contributed by atoms with Crippen LogP contribution < -0.4 is 0 Å². The number of esters is 2. The summed E-state index contributed by atoms with van der Waals surface area (Å²) in [6.45, 7) is 1.91. The number of hydrogen-bond acceptors (Lipinski definition) is 7. The standard InChI is InChI=1S/C31H46O8/c1-23(14-19-30(36)38-2)20-28(33)22-26(31(37)39-3)11-7-5-8-12-27(32)21-25-17-15-24(16-18-25)10-6-4-9-13-29(34)35/h15-18,23,26H,4-14,19-22H2,1-3H3,(H,34,35)/t23-,26-/m1/s1. The predicted octanol–water partition coefficient (Wildman–Crippen LogP) is 5.66. The average molecular weight is 547 g/mol. The average Bonchev–Trinajstić information content (AvgIpc) is 2.90. The molecule has 8 nitrogen and oxygen atoms in total. The highest BCUT2D eigenvalue weighted by Gasteiger charge is 2.23. The molecule has 0 saturated heterocycles. The number of unbranched alkanes of at least 4 members (excludes halogenated alkanes) is 4. The molecular weight excluding hydrogens is 500 g/mol. The number of carboxylic acid groups (broad SMARTS) is 1. The third kappa shape index (κ3) is 16.5. The van der Waals surface area contributed by atoms with E-state index >= 15 is 0 Å². The Morgan fingerprint density at radius 3 is 2.00 bits per heavy atom. The fraction of sp³-hybridized carbons (Fsp3) is 0.645. The first-order valence-electron chi connectivity index (χ1n) is 14.1. The van der Waals surface area contributed by atoms with Crippen LogP contribution in [0.3, 0.4) is 0 Å². The summed E-state index contributed by atoms with van der Waals surface area (Å²) in [5, 5.41) is 8.68. The molecule has 0 radical (unpaired) electrons. The highest BCUT2D eigenvalue weighted by atomic mass is 16.5. The van der Waals surface area contributed by atoms with Crippen molar-refractivity contribution in [3.05, 3.63) is 35.4 Å². The van der Waals surface area contributed by atoms with E-state index in [9.17, 15) is 24.0 Å². The van der Waals surface area contributed by atoms with Gasteiger partial charge in [0, 0.05) is 38.5 Å². The Morgan fingerprint density at radius 2 is 1.36 bits per heavy atom. The first kappa shape index (κ1) is 34.0. The van der Waals surface area contributed by atoms with Crippen LogP contribution in [0.15, 0.2) is 24.3 Å². The number of carboxylic acids is 1. The van der Waals surface area contributed by atoms with Gasteiger partial charge in [-0.2, -0.15) is 0 Å². The zero-order valence-electron chi connectivity index (χ0n) is 23.9. The van der Waals surface area contributed by atoms with Gasteiger partial charge < -0.3 is 14.6 Å². The van der Waals surface area contributed by atoms with Gasteiger partial charge in [0.25, 0.3) is 0 Å². The molecule has 1 aromatic rings. The minimum absolute atomic E-state index is 0.0119. The van der Waals surface area contributed by atoms with Gasteiger partial charge in [-0.15, -0.1) is 0 Å². The number of hydrogen-bond donors (Lipinski definition) is 1. The smallest absolute Gasteiger partial charge is 0.309 e. The number of aryl methyl sites for hydroxylation is 1. The maximum Gasteiger partial charge on any atom is 0.309 e. The molecule has 1 aromatic carbocycles. The number of ether oxygens (including phenoxy) is 2. The summed E-state index contributed by atoms with van der Waals surface area (Å²) < 4.78 is 9.53. The van der Waals surface area contributed by atoms with E-state index in [4.69, 9.17) is 9.84 Å². The summed E-state index contributed by atoms with van der Waals surface area (Å²) >= 11 is 0. The van der Waals surface area contributed by atoms with E-state index in [1.165, 1.54) is 19.8 Å². The summed E-state index contributed by atoms with van der Waals surface area (Å²) in [6, 6.07) is 8.04. The van der Waals surface area contributed by atoms with E-state index in [1.54, 1.807) is 0 Å². The van der Waals surface area contributed by atoms with Gasteiger partial charge in [-0.05, 0) is 55.6 Å². The SMILES string of the molecule is COC(=O)CC[C@@H](C)CC(=O)C[C@@H](CCCCCC(=O)Cc1ccc(CCCCCC(=O)O)cc1)C(=O)OC. The monoisotopic (exact) mass is 546 g/mol. The second-order valence-corrected chi connectivity index (χ2v) is 10.5. The molecule has 39 heavy (non-hydrogen) atoms. The quantitative estimate of drug-likeness (QED) is 0.146. The highest BCUT2D eigenvalue weighted by molar-refractivity contribution is 5.84. The fourth-order valence-electron chi connectivity index (χ4n) is 4.60. The van der Waals surface area contributed by atoms with Crippen molar-refractivity contribution >= 4 is 29.5 Å². The van der Waals surface area contributed by atoms with E-state index in [1.807, 2.05) is 31.2 Å².